The Morgan fingerprint density at radius 2 is 2.10 bits per heavy atom. The molecule has 1 saturated carbocycles. The predicted molar refractivity (Wildman–Crippen MR) is 91.7 cm³/mol. The monoisotopic (exact) mass is 325 g/mol. The molecule has 2 aliphatic rings. The molecular formula is C17H24ClNOS. The van der Waals surface area contributed by atoms with Crippen molar-refractivity contribution in [3.63, 3.8) is 0 Å². The van der Waals surface area contributed by atoms with Gasteiger partial charge >= 0.3 is 0 Å². The smallest absolute Gasteiger partial charge is 0.127 e. The van der Waals surface area contributed by atoms with Gasteiger partial charge in [-0.15, -0.1) is 0 Å². The van der Waals surface area contributed by atoms with Crippen molar-refractivity contribution in [1.82, 2.24) is 5.32 Å². The van der Waals surface area contributed by atoms with E-state index in [1.54, 1.807) is 0 Å². The molecule has 0 saturated heterocycles. The largest absolute Gasteiger partial charge is 0.493 e. The van der Waals surface area contributed by atoms with E-state index in [4.69, 9.17) is 16.3 Å². The Hall–Kier alpha value is -0.380. The normalized spacial score (nSPS) is 20.1. The molecule has 1 aromatic rings. The van der Waals surface area contributed by atoms with Crippen molar-refractivity contribution in [1.29, 1.82) is 0 Å². The van der Waals surface area contributed by atoms with E-state index >= 15 is 0 Å². The number of rotatable bonds is 5. The van der Waals surface area contributed by atoms with Gasteiger partial charge in [-0.3, -0.25) is 0 Å². The molecule has 1 fully saturated rings. The Labute approximate surface area is 137 Å². The van der Waals surface area contributed by atoms with Crippen LogP contribution in [0.1, 0.15) is 43.2 Å². The lowest BCUT2D eigenvalue weighted by atomic mass is 9.88. The van der Waals surface area contributed by atoms with Crippen molar-refractivity contribution in [2.45, 2.75) is 49.8 Å². The number of thioether (sulfide) groups is 1. The van der Waals surface area contributed by atoms with Crippen LogP contribution in [0.25, 0.3) is 0 Å². The Morgan fingerprint density at radius 1 is 1.29 bits per heavy atom. The summed E-state index contributed by atoms with van der Waals surface area (Å²) in [6.07, 6.45) is 10.1. The topological polar surface area (TPSA) is 21.3 Å². The molecule has 1 N–H and O–H groups in total. The maximum atomic E-state index is 6.22. The predicted octanol–water partition coefficient (Wildman–Crippen LogP) is 4.43. The van der Waals surface area contributed by atoms with Crippen LogP contribution in [0, 0.1) is 0 Å². The summed E-state index contributed by atoms with van der Waals surface area (Å²) in [5.41, 5.74) is 2.47. The summed E-state index contributed by atoms with van der Waals surface area (Å²) in [4.78, 5) is 0. The molecule has 1 aliphatic heterocycles. The van der Waals surface area contributed by atoms with Gasteiger partial charge in [0.15, 0.2) is 0 Å². The van der Waals surface area contributed by atoms with E-state index in [2.05, 4.69) is 11.6 Å². The van der Waals surface area contributed by atoms with Gasteiger partial charge in [-0.25, -0.2) is 0 Å². The number of halogens is 1. The summed E-state index contributed by atoms with van der Waals surface area (Å²) in [6, 6.07) is 4.09. The standard InChI is InChI=1S/C17H24ClNOS/c1-21-17(6-3-2-4-7-17)12-19-11-14-10-15(18)9-13-5-8-20-16(13)14/h9-10,19H,2-8,11-12H2,1H3. The van der Waals surface area contributed by atoms with E-state index in [1.807, 2.05) is 23.9 Å². The van der Waals surface area contributed by atoms with Crippen LogP contribution in [0.3, 0.4) is 0 Å². The maximum Gasteiger partial charge on any atom is 0.127 e. The van der Waals surface area contributed by atoms with Gasteiger partial charge in [0.25, 0.3) is 0 Å². The number of hydrogen-bond acceptors (Lipinski definition) is 3. The van der Waals surface area contributed by atoms with E-state index in [1.165, 1.54) is 43.2 Å². The first-order chi connectivity index (χ1) is 10.2. The van der Waals surface area contributed by atoms with Gasteiger partial charge in [0.1, 0.15) is 5.75 Å². The van der Waals surface area contributed by atoms with Crippen LogP contribution in [0.5, 0.6) is 5.75 Å². The summed E-state index contributed by atoms with van der Waals surface area (Å²) < 4.78 is 6.21. The molecule has 4 heteroatoms. The summed E-state index contributed by atoms with van der Waals surface area (Å²) in [6.45, 7) is 2.72. The third-order valence-electron chi connectivity index (χ3n) is 4.79. The second kappa shape index (κ2) is 6.80. The molecule has 1 aromatic carbocycles. The Balaban J connectivity index is 1.63. The molecule has 2 nitrogen and oxygen atoms in total. The van der Waals surface area contributed by atoms with E-state index in [9.17, 15) is 0 Å². The highest BCUT2D eigenvalue weighted by Gasteiger charge is 2.30. The molecule has 0 amide bonds. The van der Waals surface area contributed by atoms with Gasteiger partial charge in [0, 0.05) is 34.8 Å². The van der Waals surface area contributed by atoms with E-state index in [0.717, 1.165) is 36.9 Å². The molecular weight excluding hydrogens is 302 g/mol. The SMILES string of the molecule is CSC1(CNCc2cc(Cl)cc3c2OCC3)CCCCC1. The van der Waals surface area contributed by atoms with Crippen molar-refractivity contribution in [3.05, 3.63) is 28.3 Å². The van der Waals surface area contributed by atoms with Gasteiger partial charge in [-0.2, -0.15) is 11.8 Å². The molecule has 0 atom stereocenters. The summed E-state index contributed by atoms with van der Waals surface area (Å²) in [7, 11) is 0. The van der Waals surface area contributed by atoms with Crippen LogP contribution in [0.2, 0.25) is 5.02 Å². The molecule has 0 spiro atoms. The van der Waals surface area contributed by atoms with Crippen LogP contribution in [0.15, 0.2) is 12.1 Å². The molecule has 3 rings (SSSR count). The van der Waals surface area contributed by atoms with Gasteiger partial charge < -0.3 is 10.1 Å². The third kappa shape index (κ3) is 3.52. The van der Waals surface area contributed by atoms with Crippen molar-refractivity contribution in [2.24, 2.45) is 0 Å². The second-order valence-electron chi connectivity index (χ2n) is 6.20. The zero-order chi connectivity index (χ0) is 14.7. The summed E-state index contributed by atoms with van der Waals surface area (Å²) >= 11 is 8.26. The van der Waals surface area contributed by atoms with E-state index in [0.29, 0.717) is 4.75 Å². The lowest BCUT2D eigenvalue weighted by Crippen LogP contribution is -2.39. The minimum atomic E-state index is 0.431. The average Bonchev–Trinajstić information content (AvgIpc) is 2.96. The zero-order valence-corrected chi connectivity index (χ0v) is 14.3. The Morgan fingerprint density at radius 3 is 2.86 bits per heavy atom. The molecule has 0 bridgehead atoms. The van der Waals surface area contributed by atoms with Crippen LogP contribution in [-0.4, -0.2) is 24.2 Å². The maximum absolute atomic E-state index is 6.22. The fourth-order valence-electron chi connectivity index (χ4n) is 3.55. The first-order valence-electron chi connectivity index (χ1n) is 7.92. The zero-order valence-electron chi connectivity index (χ0n) is 12.7. The Kier molecular flexibility index (Phi) is 5.03. The second-order valence-corrected chi connectivity index (χ2v) is 7.91. The van der Waals surface area contributed by atoms with Gasteiger partial charge in [-0.05, 0) is 36.8 Å². The van der Waals surface area contributed by atoms with Crippen LogP contribution >= 0.6 is 23.4 Å². The lowest BCUT2D eigenvalue weighted by Gasteiger charge is -2.36. The van der Waals surface area contributed by atoms with Gasteiger partial charge in [-0.1, -0.05) is 30.9 Å². The highest BCUT2D eigenvalue weighted by molar-refractivity contribution is 8.00. The molecule has 21 heavy (non-hydrogen) atoms. The number of benzene rings is 1. The van der Waals surface area contributed by atoms with Gasteiger partial charge in [0.2, 0.25) is 0 Å². The van der Waals surface area contributed by atoms with Crippen molar-refractivity contribution in [2.75, 3.05) is 19.4 Å². The third-order valence-corrected chi connectivity index (χ3v) is 6.42. The summed E-state index contributed by atoms with van der Waals surface area (Å²) in [5, 5.41) is 4.49. The quantitative estimate of drug-likeness (QED) is 0.865. The van der Waals surface area contributed by atoms with Crippen LogP contribution < -0.4 is 10.1 Å². The fourth-order valence-corrected chi connectivity index (χ4v) is 4.76. The van der Waals surface area contributed by atoms with Gasteiger partial charge in [0.05, 0.1) is 6.61 Å². The fraction of sp³-hybridized carbons (Fsp3) is 0.647. The first kappa shape index (κ1) is 15.5. The minimum absolute atomic E-state index is 0.431. The number of nitrogens with one attached hydrogen (secondary N) is 1. The highest BCUT2D eigenvalue weighted by atomic mass is 35.5. The number of hydrogen-bond donors (Lipinski definition) is 1. The van der Waals surface area contributed by atoms with Crippen LogP contribution in [-0.2, 0) is 13.0 Å². The van der Waals surface area contributed by atoms with Crippen molar-refractivity contribution >= 4 is 23.4 Å². The molecule has 116 valence electrons. The lowest BCUT2D eigenvalue weighted by molar-refractivity contribution is 0.349. The number of fused-ring (bicyclic) bond motifs is 1. The molecule has 0 radical (unpaired) electrons. The van der Waals surface area contributed by atoms with E-state index < -0.39 is 0 Å². The molecule has 0 unspecified atom stereocenters. The molecule has 1 heterocycles. The molecule has 0 aromatic heterocycles. The Bertz CT molecular complexity index is 500. The van der Waals surface area contributed by atoms with Crippen molar-refractivity contribution in [3.8, 4) is 5.75 Å². The molecule has 1 aliphatic carbocycles. The highest BCUT2D eigenvalue weighted by Crippen LogP contribution is 2.38. The number of ether oxygens (including phenoxy) is 1. The van der Waals surface area contributed by atoms with Crippen molar-refractivity contribution < 1.29 is 4.74 Å². The average molecular weight is 326 g/mol. The first-order valence-corrected chi connectivity index (χ1v) is 9.53. The summed E-state index contributed by atoms with van der Waals surface area (Å²) in [5.74, 6) is 1.06. The van der Waals surface area contributed by atoms with Crippen LogP contribution in [0.4, 0.5) is 0 Å². The minimum Gasteiger partial charge on any atom is -0.493 e. The van der Waals surface area contributed by atoms with E-state index in [-0.39, 0.29) is 0 Å².